The molecule has 0 radical (unpaired) electrons. The predicted octanol–water partition coefficient (Wildman–Crippen LogP) is 4.41. The molecule has 6 heteroatoms. The number of nitrogens with one attached hydrogen (secondary N) is 2. The van der Waals surface area contributed by atoms with Gasteiger partial charge >= 0.3 is 0 Å². The van der Waals surface area contributed by atoms with Gasteiger partial charge in [-0.2, -0.15) is 0 Å². The van der Waals surface area contributed by atoms with Crippen LogP contribution >= 0.6 is 11.6 Å². The molecule has 1 aliphatic carbocycles. The second-order valence-electron chi connectivity index (χ2n) is 6.77. The van der Waals surface area contributed by atoms with E-state index in [1.165, 1.54) is 0 Å². The Labute approximate surface area is 161 Å². The molecule has 2 amide bonds. The highest BCUT2D eigenvalue weighted by Crippen LogP contribution is 2.40. The standard InChI is InChI=1S/C21H18ClN3O2/c1-12-7-8-14(10-17(12)22)24-20(26)15-11-16(15)21(27)25-18-6-2-4-13-5-3-9-23-19(13)18/h2-10,15-16H,11H2,1H3,(H,24,26)(H,25,27). The van der Waals surface area contributed by atoms with E-state index in [1.54, 1.807) is 18.3 Å². The molecule has 4 rings (SSSR count). The summed E-state index contributed by atoms with van der Waals surface area (Å²) in [7, 11) is 0. The van der Waals surface area contributed by atoms with E-state index in [9.17, 15) is 9.59 Å². The minimum atomic E-state index is -0.329. The van der Waals surface area contributed by atoms with Gasteiger partial charge in [0.25, 0.3) is 0 Å². The normalized spacial score (nSPS) is 18.1. The monoisotopic (exact) mass is 379 g/mol. The third-order valence-electron chi connectivity index (χ3n) is 4.79. The van der Waals surface area contributed by atoms with Crippen molar-refractivity contribution in [2.45, 2.75) is 13.3 Å². The Hall–Kier alpha value is -2.92. The van der Waals surface area contributed by atoms with Gasteiger partial charge in [0.15, 0.2) is 0 Å². The molecule has 3 aromatic rings. The second kappa shape index (κ2) is 7.00. The molecule has 27 heavy (non-hydrogen) atoms. The van der Waals surface area contributed by atoms with E-state index in [-0.39, 0.29) is 23.7 Å². The van der Waals surface area contributed by atoms with E-state index in [0.717, 1.165) is 16.5 Å². The molecule has 2 unspecified atom stereocenters. The number of halogens is 1. The lowest BCUT2D eigenvalue weighted by atomic mass is 10.2. The van der Waals surface area contributed by atoms with Gasteiger partial charge in [-0.05, 0) is 43.2 Å². The van der Waals surface area contributed by atoms with E-state index >= 15 is 0 Å². The Kier molecular flexibility index (Phi) is 4.54. The van der Waals surface area contributed by atoms with Gasteiger partial charge in [-0.25, -0.2) is 0 Å². The molecule has 2 N–H and O–H groups in total. The molecule has 0 saturated heterocycles. The number of hydrogen-bond donors (Lipinski definition) is 2. The summed E-state index contributed by atoms with van der Waals surface area (Å²) in [6.45, 7) is 1.90. The summed E-state index contributed by atoms with van der Waals surface area (Å²) in [5.74, 6) is -0.973. The highest BCUT2D eigenvalue weighted by molar-refractivity contribution is 6.31. The molecule has 1 saturated carbocycles. The Balaban J connectivity index is 1.41. The van der Waals surface area contributed by atoms with Gasteiger partial charge in [0.1, 0.15) is 0 Å². The van der Waals surface area contributed by atoms with Gasteiger partial charge in [-0.1, -0.05) is 35.9 Å². The van der Waals surface area contributed by atoms with Crippen molar-refractivity contribution in [1.29, 1.82) is 0 Å². The average Bonchev–Trinajstić information content (AvgIpc) is 3.46. The molecule has 1 aliphatic rings. The summed E-state index contributed by atoms with van der Waals surface area (Å²) < 4.78 is 0. The van der Waals surface area contributed by atoms with Crippen molar-refractivity contribution in [2.24, 2.45) is 11.8 Å². The quantitative estimate of drug-likeness (QED) is 0.705. The Morgan fingerprint density at radius 1 is 1.04 bits per heavy atom. The number of amides is 2. The first-order valence-electron chi connectivity index (χ1n) is 8.74. The highest BCUT2D eigenvalue weighted by Gasteiger charge is 2.48. The van der Waals surface area contributed by atoms with Crippen LogP contribution in [0, 0.1) is 18.8 Å². The number of nitrogens with zero attached hydrogens (tertiary/aromatic N) is 1. The van der Waals surface area contributed by atoms with E-state index in [2.05, 4.69) is 15.6 Å². The van der Waals surface area contributed by atoms with Crippen LogP contribution in [0.15, 0.2) is 54.7 Å². The zero-order chi connectivity index (χ0) is 19.0. The van der Waals surface area contributed by atoms with Gasteiger partial charge in [-0.3, -0.25) is 14.6 Å². The highest BCUT2D eigenvalue weighted by atomic mass is 35.5. The number of aryl methyl sites for hydroxylation is 1. The van der Waals surface area contributed by atoms with Gasteiger partial charge in [0.05, 0.1) is 23.0 Å². The number of carbonyl (C=O) groups excluding carboxylic acids is 2. The fraction of sp³-hybridized carbons (Fsp3) is 0.190. The van der Waals surface area contributed by atoms with Crippen LogP contribution in [0.5, 0.6) is 0 Å². The molecule has 2 atom stereocenters. The van der Waals surface area contributed by atoms with Gasteiger partial charge in [-0.15, -0.1) is 0 Å². The molecule has 1 aromatic heterocycles. The molecular formula is C21H18ClN3O2. The van der Waals surface area contributed by atoms with Crippen LogP contribution < -0.4 is 10.6 Å². The number of rotatable bonds is 4. The fourth-order valence-corrected chi connectivity index (χ4v) is 3.29. The van der Waals surface area contributed by atoms with Crippen molar-refractivity contribution in [3.05, 3.63) is 65.3 Å². The Morgan fingerprint density at radius 2 is 1.78 bits per heavy atom. The smallest absolute Gasteiger partial charge is 0.228 e. The lowest BCUT2D eigenvalue weighted by Gasteiger charge is -2.09. The van der Waals surface area contributed by atoms with E-state index < -0.39 is 0 Å². The average molecular weight is 380 g/mol. The molecule has 0 spiro atoms. The first kappa shape index (κ1) is 17.5. The number of carbonyl (C=O) groups is 2. The number of benzene rings is 2. The third kappa shape index (κ3) is 3.64. The van der Waals surface area contributed by atoms with Crippen molar-refractivity contribution >= 4 is 45.7 Å². The maximum atomic E-state index is 12.5. The summed E-state index contributed by atoms with van der Waals surface area (Å²) in [6.07, 6.45) is 2.23. The first-order valence-corrected chi connectivity index (χ1v) is 9.12. The van der Waals surface area contributed by atoms with Crippen molar-refractivity contribution in [3.8, 4) is 0 Å². The number of pyridine rings is 1. The summed E-state index contributed by atoms with van der Waals surface area (Å²) in [6, 6.07) is 14.8. The zero-order valence-electron chi connectivity index (χ0n) is 14.7. The molecule has 136 valence electrons. The number of hydrogen-bond acceptors (Lipinski definition) is 3. The van der Waals surface area contributed by atoms with Crippen molar-refractivity contribution < 1.29 is 9.59 Å². The van der Waals surface area contributed by atoms with Crippen LogP contribution in [0.3, 0.4) is 0 Å². The van der Waals surface area contributed by atoms with Crippen molar-refractivity contribution in [3.63, 3.8) is 0 Å². The third-order valence-corrected chi connectivity index (χ3v) is 5.20. The topological polar surface area (TPSA) is 71.1 Å². The van der Waals surface area contributed by atoms with Crippen LogP contribution in [0.1, 0.15) is 12.0 Å². The number of anilines is 2. The minimum absolute atomic E-state index is 0.157. The van der Waals surface area contributed by atoms with Crippen LogP contribution in [0.4, 0.5) is 11.4 Å². The van der Waals surface area contributed by atoms with Gasteiger partial charge in [0, 0.05) is 22.3 Å². The molecule has 5 nitrogen and oxygen atoms in total. The second-order valence-corrected chi connectivity index (χ2v) is 7.18. The molecule has 0 bridgehead atoms. The maximum Gasteiger partial charge on any atom is 0.228 e. The van der Waals surface area contributed by atoms with Crippen LogP contribution in [0.25, 0.3) is 10.9 Å². The molecule has 0 aliphatic heterocycles. The zero-order valence-corrected chi connectivity index (χ0v) is 15.5. The van der Waals surface area contributed by atoms with Crippen LogP contribution in [-0.2, 0) is 9.59 Å². The minimum Gasteiger partial charge on any atom is -0.326 e. The predicted molar refractivity (Wildman–Crippen MR) is 107 cm³/mol. The van der Waals surface area contributed by atoms with E-state index in [1.807, 2.05) is 43.3 Å². The van der Waals surface area contributed by atoms with Gasteiger partial charge in [0.2, 0.25) is 11.8 Å². The van der Waals surface area contributed by atoms with Crippen molar-refractivity contribution in [2.75, 3.05) is 10.6 Å². The van der Waals surface area contributed by atoms with Crippen LogP contribution in [0.2, 0.25) is 5.02 Å². The van der Waals surface area contributed by atoms with Crippen LogP contribution in [-0.4, -0.2) is 16.8 Å². The number of aromatic nitrogens is 1. The summed E-state index contributed by atoms with van der Waals surface area (Å²) in [4.78, 5) is 29.3. The fourth-order valence-electron chi connectivity index (χ4n) is 3.11. The molecular weight excluding hydrogens is 362 g/mol. The van der Waals surface area contributed by atoms with E-state index in [4.69, 9.17) is 11.6 Å². The number of para-hydroxylation sites is 1. The lowest BCUT2D eigenvalue weighted by Crippen LogP contribution is -2.20. The summed E-state index contributed by atoms with van der Waals surface area (Å²) in [5, 5.41) is 7.30. The SMILES string of the molecule is Cc1ccc(NC(=O)C2CC2C(=O)Nc2cccc3cccnc23)cc1Cl. The Bertz CT molecular complexity index is 1050. The maximum absolute atomic E-state index is 12.5. The largest absolute Gasteiger partial charge is 0.326 e. The summed E-state index contributed by atoms with van der Waals surface area (Å²) >= 11 is 6.09. The molecule has 2 aromatic carbocycles. The molecule has 1 heterocycles. The van der Waals surface area contributed by atoms with Gasteiger partial charge < -0.3 is 10.6 Å². The lowest BCUT2D eigenvalue weighted by molar-refractivity contribution is -0.122. The number of fused-ring (bicyclic) bond motifs is 1. The van der Waals surface area contributed by atoms with Crippen molar-refractivity contribution in [1.82, 2.24) is 4.98 Å². The Morgan fingerprint density at radius 3 is 2.56 bits per heavy atom. The first-order chi connectivity index (χ1) is 13.0. The van der Waals surface area contributed by atoms with E-state index in [0.29, 0.717) is 22.8 Å². The summed E-state index contributed by atoms with van der Waals surface area (Å²) in [5.41, 5.74) is 2.99. The molecule has 1 fully saturated rings.